The summed E-state index contributed by atoms with van der Waals surface area (Å²) in [5.74, 6) is 0.271. The second-order valence-electron chi connectivity index (χ2n) is 3.43. The molecule has 0 bridgehead atoms. The van der Waals surface area contributed by atoms with Crippen LogP contribution in [0.15, 0.2) is 24.5 Å². The minimum absolute atomic E-state index is 0.207. The fourth-order valence-corrected chi connectivity index (χ4v) is 1.38. The Morgan fingerprint density at radius 1 is 1.24 bits per heavy atom. The Bertz CT molecular complexity index is 542. The van der Waals surface area contributed by atoms with Crippen LogP contribution in [-0.2, 0) is 11.2 Å². The first-order valence-electron chi connectivity index (χ1n) is 4.99. The van der Waals surface area contributed by atoms with Crippen LogP contribution in [0.3, 0.4) is 0 Å². The Labute approximate surface area is 97.4 Å². The lowest BCUT2D eigenvalue weighted by Gasteiger charge is -2.03. The van der Waals surface area contributed by atoms with E-state index in [9.17, 15) is 4.79 Å². The lowest BCUT2D eigenvalue weighted by atomic mass is 10.2. The van der Waals surface area contributed by atoms with Gasteiger partial charge in [-0.1, -0.05) is 0 Å². The van der Waals surface area contributed by atoms with Gasteiger partial charge in [-0.25, -0.2) is 15.0 Å². The largest absolute Gasteiger partial charge is 0.481 e. The zero-order valence-corrected chi connectivity index (χ0v) is 9.16. The molecule has 0 aliphatic rings. The summed E-state index contributed by atoms with van der Waals surface area (Å²) < 4.78 is 0. The maximum Gasteiger partial charge on any atom is 0.311 e. The van der Waals surface area contributed by atoms with Crippen LogP contribution in [0.5, 0.6) is 0 Å². The summed E-state index contributed by atoms with van der Waals surface area (Å²) in [5.41, 5.74) is 0.789. The van der Waals surface area contributed by atoms with Gasteiger partial charge in [0.25, 0.3) is 0 Å². The molecular weight excluding hydrogens is 220 g/mol. The number of carboxylic acids is 1. The van der Waals surface area contributed by atoms with Gasteiger partial charge in [0.2, 0.25) is 0 Å². The van der Waals surface area contributed by atoms with E-state index in [1.165, 1.54) is 0 Å². The maximum atomic E-state index is 10.6. The number of rotatable bonds is 3. The number of pyridine rings is 1. The van der Waals surface area contributed by atoms with E-state index >= 15 is 0 Å². The summed E-state index contributed by atoms with van der Waals surface area (Å²) in [5, 5.41) is 8.71. The Balaban J connectivity index is 2.42. The number of aromatic nitrogens is 4. The van der Waals surface area contributed by atoms with Crippen LogP contribution in [0.4, 0.5) is 0 Å². The third-order valence-corrected chi connectivity index (χ3v) is 2.04. The highest BCUT2D eigenvalue weighted by molar-refractivity contribution is 5.69. The molecule has 17 heavy (non-hydrogen) atoms. The number of hydrogen-bond donors (Lipinski definition) is 1. The topological polar surface area (TPSA) is 88.9 Å². The maximum absolute atomic E-state index is 10.6. The molecule has 0 saturated carbocycles. The molecule has 0 fully saturated rings. The standard InChI is InChI=1S/C11H10N4O2/c1-7-13-9(6-10(16)17)15-11(14-7)8-2-4-12-5-3-8/h2-5H,6H2,1H3,(H,16,17). The number of aliphatic carboxylic acids is 1. The van der Waals surface area contributed by atoms with Crippen molar-refractivity contribution in [3.8, 4) is 11.4 Å². The van der Waals surface area contributed by atoms with Gasteiger partial charge in [0, 0.05) is 18.0 Å². The van der Waals surface area contributed by atoms with Gasteiger partial charge in [0.15, 0.2) is 5.82 Å². The molecule has 2 heterocycles. The highest BCUT2D eigenvalue weighted by Gasteiger charge is 2.08. The molecule has 6 heteroatoms. The van der Waals surface area contributed by atoms with E-state index in [1.807, 2.05) is 0 Å². The molecule has 0 spiro atoms. The van der Waals surface area contributed by atoms with Gasteiger partial charge in [-0.3, -0.25) is 9.78 Å². The Morgan fingerprint density at radius 3 is 2.59 bits per heavy atom. The van der Waals surface area contributed by atoms with E-state index in [4.69, 9.17) is 5.11 Å². The third-order valence-electron chi connectivity index (χ3n) is 2.04. The SMILES string of the molecule is Cc1nc(CC(=O)O)nc(-c2ccncc2)n1. The number of carbonyl (C=O) groups is 1. The van der Waals surface area contributed by atoms with Crippen LogP contribution in [0.2, 0.25) is 0 Å². The van der Waals surface area contributed by atoms with Gasteiger partial charge >= 0.3 is 5.97 Å². The molecule has 0 unspecified atom stereocenters. The van der Waals surface area contributed by atoms with Crippen LogP contribution in [0.25, 0.3) is 11.4 Å². The van der Waals surface area contributed by atoms with Gasteiger partial charge < -0.3 is 5.11 Å². The molecule has 6 nitrogen and oxygen atoms in total. The minimum Gasteiger partial charge on any atom is -0.481 e. The fourth-order valence-electron chi connectivity index (χ4n) is 1.38. The highest BCUT2D eigenvalue weighted by Crippen LogP contribution is 2.13. The number of nitrogens with zero attached hydrogens (tertiary/aromatic N) is 4. The Hall–Kier alpha value is -2.37. The first-order valence-corrected chi connectivity index (χ1v) is 4.99. The van der Waals surface area contributed by atoms with Crippen molar-refractivity contribution in [1.29, 1.82) is 0 Å². The van der Waals surface area contributed by atoms with Crippen molar-refractivity contribution in [2.24, 2.45) is 0 Å². The van der Waals surface area contributed by atoms with E-state index < -0.39 is 5.97 Å². The monoisotopic (exact) mass is 230 g/mol. The van der Waals surface area contributed by atoms with Gasteiger partial charge in [-0.15, -0.1) is 0 Å². The molecule has 0 amide bonds. The molecule has 0 aliphatic heterocycles. The summed E-state index contributed by atoms with van der Waals surface area (Å²) in [6.45, 7) is 1.71. The minimum atomic E-state index is -0.962. The van der Waals surface area contributed by atoms with Crippen LogP contribution < -0.4 is 0 Å². The molecule has 86 valence electrons. The predicted molar refractivity (Wildman–Crippen MR) is 59.1 cm³/mol. The zero-order chi connectivity index (χ0) is 12.3. The summed E-state index contributed by atoms with van der Waals surface area (Å²) in [4.78, 5) is 26.8. The van der Waals surface area contributed by atoms with Crippen molar-refractivity contribution in [3.63, 3.8) is 0 Å². The Morgan fingerprint density at radius 2 is 1.94 bits per heavy atom. The molecule has 0 radical (unpaired) electrons. The van der Waals surface area contributed by atoms with Crippen molar-refractivity contribution in [1.82, 2.24) is 19.9 Å². The zero-order valence-electron chi connectivity index (χ0n) is 9.16. The van der Waals surface area contributed by atoms with Crippen LogP contribution in [-0.4, -0.2) is 31.0 Å². The molecule has 2 aromatic heterocycles. The fraction of sp³-hybridized carbons (Fsp3) is 0.182. The molecule has 0 aromatic carbocycles. The molecule has 0 aliphatic carbocycles. The highest BCUT2D eigenvalue weighted by atomic mass is 16.4. The Kier molecular flexibility index (Phi) is 3.04. The average molecular weight is 230 g/mol. The van der Waals surface area contributed by atoms with Crippen molar-refractivity contribution < 1.29 is 9.90 Å². The van der Waals surface area contributed by atoms with Gasteiger partial charge in [0.1, 0.15) is 18.1 Å². The lowest BCUT2D eigenvalue weighted by Crippen LogP contribution is -2.08. The second-order valence-corrected chi connectivity index (χ2v) is 3.43. The van der Waals surface area contributed by atoms with Crippen molar-refractivity contribution >= 4 is 5.97 Å². The molecular formula is C11H10N4O2. The van der Waals surface area contributed by atoms with E-state index in [0.29, 0.717) is 11.6 Å². The molecule has 0 saturated heterocycles. The average Bonchev–Trinajstić information content (AvgIpc) is 2.28. The van der Waals surface area contributed by atoms with Gasteiger partial charge in [-0.05, 0) is 19.1 Å². The van der Waals surface area contributed by atoms with Gasteiger partial charge in [0.05, 0.1) is 0 Å². The summed E-state index contributed by atoms with van der Waals surface area (Å²) in [6.07, 6.45) is 3.05. The number of hydrogen-bond acceptors (Lipinski definition) is 5. The third kappa shape index (κ3) is 2.81. The van der Waals surface area contributed by atoms with E-state index in [1.54, 1.807) is 31.5 Å². The summed E-state index contributed by atoms with van der Waals surface area (Å²) in [6, 6.07) is 3.53. The lowest BCUT2D eigenvalue weighted by molar-refractivity contribution is -0.136. The second kappa shape index (κ2) is 4.65. The van der Waals surface area contributed by atoms with Crippen molar-refractivity contribution in [3.05, 3.63) is 36.2 Å². The molecule has 1 N–H and O–H groups in total. The van der Waals surface area contributed by atoms with Crippen LogP contribution in [0.1, 0.15) is 11.6 Å². The normalized spacial score (nSPS) is 10.2. The quantitative estimate of drug-likeness (QED) is 0.841. The van der Waals surface area contributed by atoms with E-state index in [0.717, 1.165) is 5.56 Å². The molecule has 2 rings (SSSR count). The molecule has 2 aromatic rings. The molecule has 0 atom stereocenters. The van der Waals surface area contributed by atoms with Crippen molar-refractivity contribution in [2.45, 2.75) is 13.3 Å². The number of carboxylic acid groups (broad SMARTS) is 1. The van der Waals surface area contributed by atoms with E-state index in [-0.39, 0.29) is 12.2 Å². The first kappa shape index (κ1) is 11.1. The van der Waals surface area contributed by atoms with Crippen LogP contribution in [0, 0.1) is 6.92 Å². The number of aryl methyl sites for hydroxylation is 1. The van der Waals surface area contributed by atoms with Crippen LogP contribution >= 0.6 is 0 Å². The van der Waals surface area contributed by atoms with Gasteiger partial charge in [-0.2, -0.15) is 0 Å². The predicted octanol–water partition coefficient (Wildman–Crippen LogP) is 0.869. The van der Waals surface area contributed by atoms with Crippen molar-refractivity contribution in [2.75, 3.05) is 0 Å². The summed E-state index contributed by atoms with van der Waals surface area (Å²) in [7, 11) is 0. The summed E-state index contributed by atoms with van der Waals surface area (Å²) >= 11 is 0. The smallest absolute Gasteiger partial charge is 0.311 e. The first-order chi connectivity index (χ1) is 8.15. The van der Waals surface area contributed by atoms with E-state index in [2.05, 4.69) is 19.9 Å².